The van der Waals surface area contributed by atoms with Gasteiger partial charge in [-0.1, -0.05) is 0 Å². The van der Waals surface area contributed by atoms with Gasteiger partial charge >= 0.3 is 0 Å². The molecule has 3 rings (SSSR count). The van der Waals surface area contributed by atoms with Crippen molar-refractivity contribution in [3.05, 3.63) is 30.0 Å². The maximum atomic E-state index is 12.5. The summed E-state index contributed by atoms with van der Waals surface area (Å²) >= 11 is 0. The lowest BCUT2D eigenvalue weighted by molar-refractivity contribution is 0.357. The van der Waals surface area contributed by atoms with Crippen LogP contribution in [-0.2, 0) is 10.2 Å². The predicted octanol–water partition coefficient (Wildman–Crippen LogP) is 1.12. The Hall–Kier alpha value is -1.84. The first-order valence-corrected chi connectivity index (χ1v) is 8.84. The summed E-state index contributed by atoms with van der Waals surface area (Å²) in [4.78, 5) is 16.1. The summed E-state index contributed by atoms with van der Waals surface area (Å²) in [5.41, 5.74) is 1.39. The number of rotatable bonds is 4. The molecule has 23 heavy (non-hydrogen) atoms. The van der Waals surface area contributed by atoms with Crippen molar-refractivity contribution >= 4 is 10.2 Å². The van der Waals surface area contributed by atoms with E-state index in [9.17, 15) is 8.42 Å². The molecule has 1 atom stereocenters. The zero-order valence-electron chi connectivity index (χ0n) is 13.4. The minimum absolute atomic E-state index is 0.266. The van der Waals surface area contributed by atoms with Crippen molar-refractivity contribution in [1.82, 2.24) is 28.5 Å². The Labute approximate surface area is 135 Å². The van der Waals surface area contributed by atoms with E-state index >= 15 is 0 Å². The molecule has 0 aliphatic carbocycles. The number of aromatic amines is 1. The molecule has 0 bridgehead atoms. The molecule has 1 saturated heterocycles. The molecule has 0 aromatic carbocycles. The minimum Gasteiger partial charge on any atom is -0.343 e. The maximum absolute atomic E-state index is 12.5. The van der Waals surface area contributed by atoms with Gasteiger partial charge in [0.15, 0.2) is 5.82 Å². The largest absolute Gasteiger partial charge is 0.343 e. The van der Waals surface area contributed by atoms with Crippen LogP contribution >= 0.6 is 0 Å². The molecule has 1 aliphatic heterocycles. The first-order chi connectivity index (χ1) is 10.9. The third-order valence-electron chi connectivity index (χ3n) is 3.90. The molecule has 1 aliphatic rings. The fourth-order valence-electron chi connectivity index (χ4n) is 2.81. The molecule has 3 heterocycles. The molecule has 1 fully saturated rings. The Kier molecular flexibility index (Phi) is 4.17. The fourth-order valence-corrected chi connectivity index (χ4v) is 4.12. The summed E-state index contributed by atoms with van der Waals surface area (Å²) < 4.78 is 27.8. The first-order valence-electron chi connectivity index (χ1n) is 7.44. The molecule has 8 nitrogen and oxygen atoms in total. The van der Waals surface area contributed by atoms with Crippen molar-refractivity contribution in [1.29, 1.82) is 0 Å². The van der Waals surface area contributed by atoms with Gasteiger partial charge in [0.1, 0.15) is 11.5 Å². The Morgan fingerprint density at radius 1 is 1.35 bits per heavy atom. The molecule has 9 heteroatoms. The number of hydrogen-bond donors (Lipinski definition) is 1. The lowest BCUT2D eigenvalue weighted by Crippen LogP contribution is -2.39. The number of nitrogens with one attached hydrogen (secondary N) is 1. The normalized spacial score (nSPS) is 19.6. The summed E-state index contributed by atoms with van der Waals surface area (Å²) in [6.07, 6.45) is 4.95. The smallest absolute Gasteiger partial charge is 0.282 e. The van der Waals surface area contributed by atoms with E-state index in [1.54, 1.807) is 33.4 Å². The highest BCUT2D eigenvalue weighted by Gasteiger charge is 2.37. The Morgan fingerprint density at radius 3 is 2.78 bits per heavy atom. The molecule has 0 unspecified atom stereocenters. The van der Waals surface area contributed by atoms with E-state index in [0.29, 0.717) is 29.6 Å². The highest BCUT2D eigenvalue weighted by Crippen LogP contribution is 2.34. The van der Waals surface area contributed by atoms with Gasteiger partial charge in [0.25, 0.3) is 10.2 Å². The van der Waals surface area contributed by atoms with Crippen LogP contribution in [0.15, 0.2) is 18.5 Å². The van der Waals surface area contributed by atoms with Gasteiger partial charge < -0.3 is 4.98 Å². The van der Waals surface area contributed by atoms with E-state index in [2.05, 4.69) is 19.9 Å². The Balaban J connectivity index is 2.01. The molecule has 1 N–H and O–H groups in total. The summed E-state index contributed by atoms with van der Waals surface area (Å²) in [5.74, 6) is 1.25. The van der Waals surface area contributed by atoms with Gasteiger partial charge in [-0.2, -0.15) is 17.0 Å². The maximum Gasteiger partial charge on any atom is 0.282 e. The molecule has 0 spiro atoms. The number of H-pyrrole nitrogens is 1. The van der Waals surface area contributed by atoms with Crippen molar-refractivity contribution in [2.75, 3.05) is 20.6 Å². The third-order valence-corrected chi connectivity index (χ3v) is 5.85. The monoisotopic (exact) mass is 336 g/mol. The van der Waals surface area contributed by atoms with Crippen LogP contribution in [0.2, 0.25) is 0 Å². The van der Waals surface area contributed by atoms with Crippen LogP contribution in [0, 0.1) is 6.92 Å². The van der Waals surface area contributed by atoms with Gasteiger partial charge in [-0.05, 0) is 25.8 Å². The van der Waals surface area contributed by atoms with Gasteiger partial charge in [-0.3, -0.25) is 0 Å². The van der Waals surface area contributed by atoms with Crippen molar-refractivity contribution in [2.45, 2.75) is 25.8 Å². The van der Waals surface area contributed by atoms with E-state index in [1.807, 2.05) is 6.07 Å². The van der Waals surface area contributed by atoms with Crippen LogP contribution in [0.25, 0.3) is 11.5 Å². The molecule has 2 aromatic rings. The highest BCUT2D eigenvalue weighted by molar-refractivity contribution is 7.86. The van der Waals surface area contributed by atoms with Crippen LogP contribution in [-0.4, -0.2) is 57.6 Å². The van der Waals surface area contributed by atoms with Gasteiger partial charge in [0, 0.05) is 33.0 Å². The summed E-state index contributed by atoms with van der Waals surface area (Å²) in [5, 5.41) is 0. The highest BCUT2D eigenvalue weighted by atomic mass is 32.2. The summed E-state index contributed by atoms with van der Waals surface area (Å²) in [6.45, 7) is 2.31. The predicted molar refractivity (Wildman–Crippen MR) is 85.6 cm³/mol. The van der Waals surface area contributed by atoms with Crippen LogP contribution in [0.1, 0.15) is 30.4 Å². The van der Waals surface area contributed by atoms with Crippen molar-refractivity contribution in [2.24, 2.45) is 0 Å². The van der Waals surface area contributed by atoms with Gasteiger partial charge in [-0.15, -0.1) is 0 Å². The van der Waals surface area contributed by atoms with E-state index in [-0.39, 0.29) is 6.04 Å². The van der Waals surface area contributed by atoms with Crippen molar-refractivity contribution in [3.63, 3.8) is 0 Å². The van der Waals surface area contributed by atoms with E-state index in [0.717, 1.165) is 12.8 Å². The zero-order valence-corrected chi connectivity index (χ0v) is 14.2. The van der Waals surface area contributed by atoms with Crippen LogP contribution in [0.4, 0.5) is 0 Å². The van der Waals surface area contributed by atoms with Crippen molar-refractivity contribution < 1.29 is 8.42 Å². The second-order valence-corrected chi connectivity index (χ2v) is 7.82. The quantitative estimate of drug-likeness (QED) is 0.903. The van der Waals surface area contributed by atoms with E-state index < -0.39 is 10.2 Å². The van der Waals surface area contributed by atoms with Crippen molar-refractivity contribution in [3.8, 4) is 11.5 Å². The first kappa shape index (κ1) is 16.0. The second-order valence-electron chi connectivity index (χ2n) is 5.72. The van der Waals surface area contributed by atoms with Crippen LogP contribution in [0.5, 0.6) is 0 Å². The number of aryl methyl sites for hydroxylation is 1. The van der Waals surface area contributed by atoms with Gasteiger partial charge in [-0.25, -0.2) is 15.0 Å². The molecule has 2 aromatic heterocycles. The minimum atomic E-state index is -3.47. The fraction of sp³-hybridized carbons (Fsp3) is 0.500. The standard InChI is InChI=1S/C14H20N6O2S/c1-10-17-11(9-12(18-10)14-15-6-7-16-14)13-5-4-8-20(13)23(21,22)19(2)3/h6-7,9,13H,4-5,8H2,1-3H3,(H,15,16)/t13-/m0/s1. The molecule has 124 valence electrons. The summed E-state index contributed by atoms with van der Waals surface area (Å²) in [6, 6.07) is 1.55. The Bertz CT molecular complexity index is 788. The van der Waals surface area contributed by atoms with Gasteiger partial charge in [0.2, 0.25) is 0 Å². The third kappa shape index (κ3) is 2.99. The molecule has 0 amide bonds. The SMILES string of the molecule is Cc1nc(-c2ncc[nH]2)cc([C@@H]2CCCN2S(=O)(=O)N(C)C)n1. The zero-order chi connectivity index (χ0) is 16.6. The molecule has 0 radical (unpaired) electrons. The van der Waals surface area contributed by atoms with Crippen LogP contribution in [0.3, 0.4) is 0 Å². The average Bonchev–Trinajstić information content (AvgIpc) is 3.18. The number of imidazole rings is 1. The number of nitrogens with zero attached hydrogens (tertiary/aromatic N) is 5. The lowest BCUT2D eigenvalue weighted by atomic mass is 10.1. The lowest BCUT2D eigenvalue weighted by Gasteiger charge is -2.26. The average molecular weight is 336 g/mol. The summed E-state index contributed by atoms with van der Waals surface area (Å²) in [7, 11) is -0.379. The Morgan fingerprint density at radius 2 is 2.13 bits per heavy atom. The van der Waals surface area contributed by atoms with E-state index in [1.165, 1.54) is 8.61 Å². The number of aromatic nitrogens is 4. The number of hydrogen-bond acceptors (Lipinski definition) is 5. The second kappa shape index (κ2) is 5.99. The van der Waals surface area contributed by atoms with E-state index in [4.69, 9.17) is 0 Å². The molecule has 0 saturated carbocycles. The molecular formula is C14H20N6O2S. The van der Waals surface area contributed by atoms with Crippen LogP contribution < -0.4 is 0 Å². The molecular weight excluding hydrogens is 316 g/mol. The van der Waals surface area contributed by atoms with Gasteiger partial charge in [0.05, 0.1) is 11.7 Å². The topological polar surface area (TPSA) is 95.1 Å².